The molecule has 0 atom stereocenters. The van der Waals surface area contributed by atoms with Crippen molar-refractivity contribution in [3.05, 3.63) is 18.0 Å². The minimum atomic E-state index is 0. The molecule has 1 aromatic heterocycles. The highest BCUT2D eigenvalue weighted by molar-refractivity contribution is 5.31. The van der Waals surface area contributed by atoms with Crippen LogP contribution in [0.3, 0.4) is 0 Å². The van der Waals surface area contributed by atoms with Gasteiger partial charge < -0.3 is 15.0 Å². The van der Waals surface area contributed by atoms with Crippen LogP contribution in [0, 0.1) is 0 Å². The van der Waals surface area contributed by atoms with Crippen molar-refractivity contribution in [3.63, 3.8) is 0 Å². The van der Waals surface area contributed by atoms with E-state index in [4.69, 9.17) is 4.74 Å². The third-order valence-electron chi connectivity index (χ3n) is 4.42. The average Bonchev–Trinajstić information content (AvgIpc) is 2.61. The fourth-order valence-electron chi connectivity index (χ4n) is 2.78. The second kappa shape index (κ2) is 10.6. The number of anilines is 1. The Kier molecular flexibility index (Phi) is 8.42. The van der Waals surface area contributed by atoms with Crippen LogP contribution < -0.4 is 10.2 Å². The second-order valence-corrected chi connectivity index (χ2v) is 6.62. The van der Waals surface area contributed by atoms with Crippen LogP contribution in [0.25, 0.3) is 0 Å². The first-order valence-electron chi connectivity index (χ1n) is 9.28. The number of nitrogens with zero attached hydrogens (tertiary/aromatic N) is 4. The molecule has 0 radical (unpaired) electrons. The fourth-order valence-corrected chi connectivity index (χ4v) is 2.78. The summed E-state index contributed by atoms with van der Waals surface area (Å²) in [5.74, 6) is 1.35. The predicted octanol–water partition coefficient (Wildman–Crippen LogP) is 1.98. The molecule has 0 amide bonds. The Bertz CT molecular complexity index is 449. The fraction of sp³-hybridized carbons (Fsp3) is 0.778. The Labute approximate surface area is 148 Å². The van der Waals surface area contributed by atoms with Crippen molar-refractivity contribution in [3.8, 4) is 0 Å². The molecule has 1 aromatic rings. The summed E-state index contributed by atoms with van der Waals surface area (Å²) in [7, 11) is 0. The number of likely N-dealkylation sites (N-methyl/N-ethyl adjacent to an activating group) is 1. The van der Waals surface area contributed by atoms with E-state index in [9.17, 15) is 0 Å². The SMILES string of the molecule is CCNCCOCCCN1CCN(c2ncc(C(C)C)cn2)CC1.[HH]. The second-order valence-electron chi connectivity index (χ2n) is 6.62. The van der Waals surface area contributed by atoms with Gasteiger partial charge in [0, 0.05) is 59.7 Å². The molecule has 0 unspecified atom stereocenters. The van der Waals surface area contributed by atoms with Crippen molar-refractivity contribution < 1.29 is 6.16 Å². The van der Waals surface area contributed by atoms with Crippen molar-refractivity contribution in [2.45, 2.75) is 33.1 Å². The quantitative estimate of drug-likeness (QED) is 0.659. The summed E-state index contributed by atoms with van der Waals surface area (Å²) >= 11 is 0. The molecule has 0 aromatic carbocycles. The van der Waals surface area contributed by atoms with E-state index < -0.39 is 0 Å². The van der Waals surface area contributed by atoms with E-state index in [1.165, 1.54) is 5.56 Å². The zero-order valence-electron chi connectivity index (χ0n) is 15.5. The summed E-state index contributed by atoms with van der Waals surface area (Å²) in [6.45, 7) is 15.3. The van der Waals surface area contributed by atoms with Gasteiger partial charge in [-0.15, -0.1) is 0 Å². The highest BCUT2D eigenvalue weighted by Gasteiger charge is 2.18. The van der Waals surface area contributed by atoms with Crippen molar-refractivity contribution in [2.24, 2.45) is 0 Å². The van der Waals surface area contributed by atoms with E-state index in [1.54, 1.807) is 0 Å². The van der Waals surface area contributed by atoms with Gasteiger partial charge in [-0.2, -0.15) is 0 Å². The first-order valence-corrected chi connectivity index (χ1v) is 9.28. The Hall–Kier alpha value is -1.24. The van der Waals surface area contributed by atoms with Crippen LogP contribution in [0.4, 0.5) is 5.95 Å². The van der Waals surface area contributed by atoms with E-state index in [2.05, 4.69) is 45.9 Å². The van der Waals surface area contributed by atoms with Gasteiger partial charge >= 0.3 is 0 Å². The molecular weight excluding hydrogens is 302 g/mol. The number of aromatic nitrogens is 2. The molecular formula is C18H35N5O. The summed E-state index contributed by atoms with van der Waals surface area (Å²) in [6.07, 6.45) is 5.03. The summed E-state index contributed by atoms with van der Waals surface area (Å²) in [5.41, 5.74) is 1.20. The van der Waals surface area contributed by atoms with Gasteiger partial charge in [0.2, 0.25) is 5.95 Å². The topological polar surface area (TPSA) is 53.5 Å². The number of piperazine rings is 1. The molecule has 1 fully saturated rings. The Balaban J connectivity index is 0.00000312. The highest BCUT2D eigenvalue weighted by Crippen LogP contribution is 2.15. The maximum atomic E-state index is 5.63. The lowest BCUT2D eigenvalue weighted by Gasteiger charge is -2.34. The first kappa shape index (κ1) is 19.1. The third-order valence-corrected chi connectivity index (χ3v) is 4.42. The summed E-state index contributed by atoms with van der Waals surface area (Å²) in [6, 6.07) is 0. The van der Waals surface area contributed by atoms with Gasteiger partial charge in [-0.1, -0.05) is 20.8 Å². The Morgan fingerprint density at radius 1 is 1.17 bits per heavy atom. The maximum absolute atomic E-state index is 5.63. The molecule has 0 saturated carbocycles. The van der Waals surface area contributed by atoms with Crippen molar-refractivity contribution in [1.82, 2.24) is 20.2 Å². The smallest absolute Gasteiger partial charge is 0.225 e. The van der Waals surface area contributed by atoms with Crippen LogP contribution in [0.15, 0.2) is 12.4 Å². The van der Waals surface area contributed by atoms with Crippen LogP contribution in [0.5, 0.6) is 0 Å². The molecule has 1 saturated heterocycles. The van der Waals surface area contributed by atoms with Gasteiger partial charge in [0.05, 0.1) is 6.61 Å². The zero-order valence-corrected chi connectivity index (χ0v) is 15.5. The summed E-state index contributed by atoms with van der Waals surface area (Å²) in [4.78, 5) is 13.9. The minimum Gasteiger partial charge on any atom is -0.380 e. The van der Waals surface area contributed by atoms with Gasteiger partial charge in [0.25, 0.3) is 0 Å². The van der Waals surface area contributed by atoms with Gasteiger partial charge in [0.15, 0.2) is 0 Å². The van der Waals surface area contributed by atoms with Gasteiger partial charge in [-0.25, -0.2) is 9.97 Å². The standard InChI is InChI=1S/C18H33N5O.H2/c1-4-19-6-13-24-12-5-7-22-8-10-23(11-9-22)18-20-14-17(15-21-18)16(2)3;/h14-16,19H,4-13H2,1-3H3;1H. The molecule has 1 aliphatic rings. The molecule has 0 aliphatic carbocycles. The largest absolute Gasteiger partial charge is 0.380 e. The van der Waals surface area contributed by atoms with Gasteiger partial charge in [-0.05, 0) is 24.4 Å². The monoisotopic (exact) mass is 337 g/mol. The third kappa shape index (κ3) is 6.34. The van der Waals surface area contributed by atoms with Crippen molar-refractivity contribution in [1.29, 1.82) is 0 Å². The van der Waals surface area contributed by atoms with Gasteiger partial charge in [0.1, 0.15) is 0 Å². The molecule has 1 N–H and O–H groups in total. The number of nitrogens with one attached hydrogen (secondary N) is 1. The molecule has 138 valence electrons. The number of hydrogen-bond acceptors (Lipinski definition) is 6. The molecule has 2 heterocycles. The Morgan fingerprint density at radius 2 is 1.88 bits per heavy atom. The van der Waals surface area contributed by atoms with Crippen LogP contribution in [0.2, 0.25) is 0 Å². The van der Waals surface area contributed by atoms with Crippen molar-refractivity contribution >= 4 is 5.95 Å². The average molecular weight is 338 g/mol. The number of hydrogen-bond donors (Lipinski definition) is 1. The van der Waals surface area contributed by atoms with E-state index in [1.807, 2.05) is 12.4 Å². The van der Waals surface area contributed by atoms with Crippen molar-refractivity contribution in [2.75, 3.05) is 63.9 Å². The molecule has 2 rings (SSSR count). The molecule has 24 heavy (non-hydrogen) atoms. The summed E-state index contributed by atoms with van der Waals surface area (Å²) < 4.78 is 5.63. The lowest BCUT2D eigenvalue weighted by Crippen LogP contribution is -2.47. The molecule has 1 aliphatic heterocycles. The van der Waals surface area contributed by atoms with Crippen LogP contribution in [0.1, 0.15) is 40.1 Å². The van der Waals surface area contributed by atoms with Crippen LogP contribution in [-0.2, 0) is 4.74 Å². The van der Waals surface area contributed by atoms with E-state index in [-0.39, 0.29) is 1.43 Å². The first-order chi connectivity index (χ1) is 11.7. The van der Waals surface area contributed by atoms with Crippen LogP contribution in [-0.4, -0.2) is 73.9 Å². The van der Waals surface area contributed by atoms with Gasteiger partial charge in [-0.3, -0.25) is 4.90 Å². The summed E-state index contributed by atoms with van der Waals surface area (Å²) in [5, 5.41) is 3.27. The molecule has 0 bridgehead atoms. The van der Waals surface area contributed by atoms with E-state index in [0.29, 0.717) is 5.92 Å². The van der Waals surface area contributed by atoms with E-state index in [0.717, 1.165) is 71.4 Å². The highest BCUT2D eigenvalue weighted by atomic mass is 16.5. The Morgan fingerprint density at radius 3 is 2.50 bits per heavy atom. The van der Waals surface area contributed by atoms with Crippen LogP contribution >= 0.6 is 0 Å². The van der Waals surface area contributed by atoms with E-state index >= 15 is 0 Å². The predicted molar refractivity (Wildman–Crippen MR) is 101 cm³/mol. The lowest BCUT2D eigenvalue weighted by atomic mass is 10.1. The molecule has 6 nitrogen and oxygen atoms in total. The molecule has 0 spiro atoms. The lowest BCUT2D eigenvalue weighted by molar-refractivity contribution is 0.121. The zero-order chi connectivity index (χ0) is 17.2. The normalized spacial score (nSPS) is 16.1. The number of rotatable bonds is 10. The minimum absolute atomic E-state index is 0. The maximum Gasteiger partial charge on any atom is 0.225 e. The molecule has 6 heteroatoms. The number of ether oxygens (including phenoxy) is 1.